The smallest absolute Gasteiger partial charge is 0.340 e. The van der Waals surface area contributed by atoms with Gasteiger partial charge in [-0.1, -0.05) is 6.07 Å². The van der Waals surface area contributed by atoms with Crippen LogP contribution in [-0.4, -0.2) is 25.1 Å². The highest BCUT2D eigenvalue weighted by Crippen LogP contribution is 2.27. The third-order valence-electron chi connectivity index (χ3n) is 5.59. The van der Waals surface area contributed by atoms with Gasteiger partial charge in [0.15, 0.2) is 0 Å². The lowest BCUT2D eigenvalue weighted by molar-refractivity contribution is 0.0601. The molecule has 2 aromatic heterocycles. The Bertz CT molecular complexity index is 1220. The molecule has 5 rings (SSSR count). The van der Waals surface area contributed by atoms with Crippen molar-refractivity contribution in [3.8, 4) is 0 Å². The average Bonchev–Trinajstić information content (AvgIpc) is 3.32. The third-order valence-corrected chi connectivity index (χ3v) is 5.59. The zero-order chi connectivity index (χ0) is 22.3. The summed E-state index contributed by atoms with van der Waals surface area (Å²) in [5.74, 6) is -0.359. The van der Waals surface area contributed by atoms with Gasteiger partial charge < -0.3 is 19.8 Å². The molecule has 1 aliphatic carbocycles. The monoisotopic (exact) mass is 429 g/mol. The van der Waals surface area contributed by atoms with Crippen LogP contribution in [0.2, 0.25) is 0 Å². The van der Waals surface area contributed by atoms with Crippen molar-refractivity contribution >= 4 is 34.0 Å². The lowest BCUT2D eigenvalue weighted by atomic mass is 9.91. The summed E-state index contributed by atoms with van der Waals surface area (Å²) in [5.41, 5.74) is 7.40. The summed E-state index contributed by atoms with van der Waals surface area (Å²) in [4.78, 5) is 15.0. The van der Waals surface area contributed by atoms with Gasteiger partial charge in [0, 0.05) is 30.0 Å². The summed E-state index contributed by atoms with van der Waals surface area (Å²) in [6, 6.07) is 16.6. The van der Waals surface area contributed by atoms with E-state index >= 15 is 0 Å². The Morgan fingerprint density at radius 1 is 1.00 bits per heavy atom. The number of furan rings is 1. The van der Waals surface area contributed by atoms with Crippen molar-refractivity contribution in [1.29, 1.82) is 0 Å². The van der Waals surface area contributed by atoms with E-state index in [0.717, 1.165) is 16.7 Å². The molecule has 0 unspecified atom stereocenters. The van der Waals surface area contributed by atoms with Crippen LogP contribution in [0.4, 0.5) is 17.1 Å². The quantitative estimate of drug-likeness (QED) is 0.390. The van der Waals surface area contributed by atoms with E-state index in [9.17, 15) is 4.79 Å². The second kappa shape index (κ2) is 10.0. The Morgan fingerprint density at radius 2 is 1.78 bits per heavy atom. The molecule has 0 atom stereocenters. The summed E-state index contributed by atoms with van der Waals surface area (Å²) in [5, 5.41) is 7.47. The van der Waals surface area contributed by atoms with Gasteiger partial charge in [-0.25, -0.2) is 4.79 Å². The SMILES string of the molecule is CNc1cnccc1C(=O)OC.c1cc2cc(Nc3ccc4c(c3)CCCC4)ccc2o1. The lowest BCUT2D eigenvalue weighted by Crippen LogP contribution is -2.05. The summed E-state index contributed by atoms with van der Waals surface area (Å²) < 4.78 is 9.94. The van der Waals surface area contributed by atoms with Crippen molar-refractivity contribution in [3.63, 3.8) is 0 Å². The Morgan fingerprint density at radius 3 is 2.59 bits per heavy atom. The van der Waals surface area contributed by atoms with Crippen LogP contribution in [0.1, 0.15) is 34.3 Å². The number of methoxy groups -OCH3 is 1. The number of nitrogens with one attached hydrogen (secondary N) is 2. The van der Waals surface area contributed by atoms with Crippen LogP contribution in [0, 0.1) is 0 Å². The van der Waals surface area contributed by atoms with E-state index in [4.69, 9.17) is 4.42 Å². The topological polar surface area (TPSA) is 76.4 Å². The Labute approximate surface area is 187 Å². The van der Waals surface area contributed by atoms with Crippen molar-refractivity contribution in [2.75, 3.05) is 24.8 Å². The lowest BCUT2D eigenvalue weighted by Gasteiger charge is -2.17. The number of hydrogen-bond donors (Lipinski definition) is 2. The molecule has 0 bridgehead atoms. The Balaban J connectivity index is 0.000000176. The van der Waals surface area contributed by atoms with Crippen molar-refractivity contribution in [2.24, 2.45) is 0 Å². The number of hydrogen-bond acceptors (Lipinski definition) is 6. The van der Waals surface area contributed by atoms with Crippen LogP contribution in [0.15, 0.2) is 71.6 Å². The molecule has 32 heavy (non-hydrogen) atoms. The molecule has 0 fully saturated rings. The highest BCUT2D eigenvalue weighted by molar-refractivity contribution is 5.95. The number of anilines is 3. The maximum Gasteiger partial charge on any atom is 0.340 e. The number of carbonyl (C=O) groups is 1. The van der Waals surface area contributed by atoms with Crippen LogP contribution >= 0.6 is 0 Å². The van der Waals surface area contributed by atoms with Gasteiger partial charge in [0.2, 0.25) is 0 Å². The standard InChI is InChI=1S/C18H17NO.C8H10N2O2/c1-2-4-14-11-16(6-5-13(14)3-1)19-17-7-8-18-15(12-17)9-10-20-18;1-9-7-5-10-4-3-6(7)8(11)12-2/h5-12,19H,1-4H2;3-5,9H,1-2H3. The predicted molar refractivity (Wildman–Crippen MR) is 128 cm³/mol. The zero-order valence-electron chi connectivity index (χ0n) is 18.4. The molecule has 0 spiro atoms. The fraction of sp³-hybridized carbons (Fsp3) is 0.231. The van der Waals surface area contributed by atoms with Crippen LogP contribution in [0.3, 0.4) is 0 Å². The number of fused-ring (bicyclic) bond motifs is 2. The minimum absolute atomic E-state index is 0.359. The van der Waals surface area contributed by atoms with Gasteiger partial charge in [-0.3, -0.25) is 4.98 Å². The summed E-state index contributed by atoms with van der Waals surface area (Å²) in [6.45, 7) is 0. The third kappa shape index (κ3) is 4.91. The van der Waals surface area contributed by atoms with E-state index in [1.807, 2.05) is 12.1 Å². The molecule has 0 saturated heterocycles. The van der Waals surface area contributed by atoms with E-state index in [-0.39, 0.29) is 5.97 Å². The maximum atomic E-state index is 11.1. The highest BCUT2D eigenvalue weighted by Gasteiger charge is 2.10. The minimum atomic E-state index is -0.359. The average molecular weight is 430 g/mol. The normalized spacial score (nSPS) is 12.3. The first kappa shape index (κ1) is 21.4. The van der Waals surface area contributed by atoms with Crippen molar-refractivity contribution in [2.45, 2.75) is 25.7 Å². The molecule has 6 heteroatoms. The predicted octanol–water partition coefficient (Wildman–Crippen LogP) is 5.97. The zero-order valence-corrected chi connectivity index (χ0v) is 18.4. The van der Waals surface area contributed by atoms with Crippen LogP contribution in [0.5, 0.6) is 0 Å². The van der Waals surface area contributed by atoms with E-state index < -0.39 is 0 Å². The molecule has 2 N–H and O–H groups in total. The molecule has 6 nitrogen and oxygen atoms in total. The number of rotatable bonds is 4. The van der Waals surface area contributed by atoms with Crippen molar-refractivity contribution in [3.05, 3.63) is 83.9 Å². The van der Waals surface area contributed by atoms with Crippen LogP contribution in [0.25, 0.3) is 11.0 Å². The first-order valence-electron chi connectivity index (χ1n) is 10.7. The molecule has 2 aromatic carbocycles. The second-order valence-corrected chi connectivity index (χ2v) is 7.65. The fourth-order valence-corrected chi connectivity index (χ4v) is 3.90. The van der Waals surface area contributed by atoms with Gasteiger partial charge in [0.05, 0.1) is 30.8 Å². The molecule has 2 heterocycles. The molecule has 1 aliphatic rings. The number of benzene rings is 2. The van der Waals surface area contributed by atoms with E-state index in [1.165, 1.54) is 49.6 Å². The maximum absolute atomic E-state index is 11.1. The molecule has 4 aromatic rings. The van der Waals surface area contributed by atoms with Crippen molar-refractivity contribution in [1.82, 2.24) is 4.98 Å². The first-order chi connectivity index (χ1) is 15.7. The summed E-state index contributed by atoms with van der Waals surface area (Å²) in [6.07, 6.45) is 9.95. The molecule has 0 radical (unpaired) electrons. The number of esters is 1. The van der Waals surface area contributed by atoms with Gasteiger partial charge in [0.25, 0.3) is 0 Å². The van der Waals surface area contributed by atoms with Crippen LogP contribution < -0.4 is 10.6 Å². The van der Waals surface area contributed by atoms with Crippen molar-refractivity contribution < 1.29 is 13.9 Å². The number of carbonyl (C=O) groups excluding carboxylic acids is 1. The number of pyridine rings is 1. The molecular formula is C26H27N3O3. The Hall–Kier alpha value is -3.80. The number of ether oxygens (including phenoxy) is 1. The number of aryl methyl sites for hydroxylation is 2. The summed E-state index contributed by atoms with van der Waals surface area (Å²) >= 11 is 0. The first-order valence-corrected chi connectivity index (χ1v) is 10.7. The van der Waals surface area contributed by atoms with E-state index in [1.54, 1.807) is 31.8 Å². The molecule has 0 amide bonds. The molecule has 0 aliphatic heterocycles. The fourth-order valence-electron chi connectivity index (χ4n) is 3.90. The second-order valence-electron chi connectivity index (χ2n) is 7.65. The van der Waals surface area contributed by atoms with E-state index in [0.29, 0.717) is 11.3 Å². The van der Waals surface area contributed by atoms with Gasteiger partial charge in [-0.15, -0.1) is 0 Å². The van der Waals surface area contributed by atoms with E-state index in [2.05, 4.69) is 50.7 Å². The van der Waals surface area contributed by atoms with Gasteiger partial charge in [-0.05, 0) is 79.3 Å². The van der Waals surface area contributed by atoms with Gasteiger partial charge >= 0.3 is 5.97 Å². The highest BCUT2D eigenvalue weighted by atomic mass is 16.5. The number of nitrogens with zero attached hydrogens (tertiary/aromatic N) is 1. The van der Waals surface area contributed by atoms with Gasteiger partial charge in [-0.2, -0.15) is 0 Å². The molecular weight excluding hydrogens is 402 g/mol. The van der Waals surface area contributed by atoms with Gasteiger partial charge in [0.1, 0.15) is 5.58 Å². The van der Waals surface area contributed by atoms with Crippen LogP contribution in [-0.2, 0) is 17.6 Å². The number of aromatic nitrogens is 1. The molecule has 0 saturated carbocycles. The molecule has 164 valence electrons. The largest absolute Gasteiger partial charge is 0.465 e. The summed E-state index contributed by atoms with van der Waals surface area (Å²) in [7, 11) is 3.08. The Kier molecular flexibility index (Phi) is 6.70. The minimum Gasteiger partial charge on any atom is -0.465 e.